The van der Waals surface area contributed by atoms with Gasteiger partial charge in [0.1, 0.15) is 0 Å². The molecular formula is C11H10ClN3. The molecule has 0 unspecified atom stereocenters. The Labute approximate surface area is 93.4 Å². The van der Waals surface area contributed by atoms with Crippen LogP contribution in [0.15, 0.2) is 41.4 Å². The molecule has 3 rings (SSSR count). The van der Waals surface area contributed by atoms with E-state index in [4.69, 9.17) is 5.73 Å². The monoisotopic (exact) mass is 219 g/mol. The number of halogens is 1. The molecule has 3 N–H and O–H groups in total. The van der Waals surface area contributed by atoms with Crippen molar-refractivity contribution in [1.29, 1.82) is 0 Å². The molecule has 15 heavy (non-hydrogen) atoms. The summed E-state index contributed by atoms with van der Waals surface area (Å²) >= 11 is 0. The van der Waals surface area contributed by atoms with Gasteiger partial charge in [-0.3, -0.25) is 0 Å². The quantitative estimate of drug-likeness (QED) is 0.716. The highest BCUT2D eigenvalue weighted by Crippen LogP contribution is 2.34. The van der Waals surface area contributed by atoms with E-state index in [1.54, 1.807) is 0 Å². The number of anilines is 1. The molecule has 1 aliphatic heterocycles. The fourth-order valence-corrected chi connectivity index (χ4v) is 1.81. The minimum atomic E-state index is 0. The second-order valence-electron chi connectivity index (χ2n) is 3.30. The molecular weight excluding hydrogens is 210 g/mol. The Morgan fingerprint density at radius 2 is 1.80 bits per heavy atom. The molecule has 0 bridgehead atoms. The summed E-state index contributed by atoms with van der Waals surface area (Å²) in [4.78, 5) is 4.25. The number of hydrogen-bond acceptors (Lipinski definition) is 3. The van der Waals surface area contributed by atoms with Crippen LogP contribution in [0.2, 0.25) is 0 Å². The highest BCUT2D eigenvalue weighted by molar-refractivity contribution is 6.12. The summed E-state index contributed by atoms with van der Waals surface area (Å²) in [5.41, 5.74) is 7.64. The van der Waals surface area contributed by atoms with E-state index in [2.05, 4.69) is 22.4 Å². The van der Waals surface area contributed by atoms with Crippen LogP contribution in [0.4, 0.5) is 11.4 Å². The Bertz CT molecular complexity index is 543. The number of hydrogen-bond donors (Lipinski definition) is 2. The van der Waals surface area contributed by atoms with Crippen LogP contribution >= 0.6 is 12.4 Å². The standard InChI is InChI=1S/C11H9N3.ClH/c12-11-13-8-5-1-3-7-4-2-6-9(14-11)10(7)8;/h1-6H,(H3,12,13,14);1H. The van der Waals surface area contributed by atoms with Crippen LogP contribution in [0.3, 0.4) is 0 Å². The first kappa shape index (κ1) is 9.80. The van der Waals surface area contributed by atoms with Crippen molar-refractivity contribution in [2.45, 2.75) is 0 Å². The molecule has 0 spiro atoms. The van der Waals surface area contributed by atoms with E-state index in [-0.39, 0.29) is 12.4 Å². The first-order valence-electron chi connectivity index (χ1n) is 4.47. The highest BCUT2D eigenvalue weighted by atomic mass is 35.5. The minimum Gasteiger partial charge on any atom is -0.369 e. The lowest BCUT2D eigenvalue weighted by atomic mass is 10.1. The third-order valence-electron chi connectivity index (χ3n) is 2.39. The van der Waals surface area contributed by atoms with Crippen molar-refractivity contribution in [3.05, 3.63) is 36.4 Å². The third kappa shape index (κ3) is 1.41. The molecule has 0 atom stereocenters. The summed E-state index contributed by atoms with van der Waals surface area (Å²) in [6, 6.07) is 12.1. The number of benzene rings is 2. The SMILES string of the molecule is Cl.NC1=Nc2cccc3cccc(c23)N1. The predicted octanol–water partition coefficient (Wildman–Crippen LogP) is 2.63. The maximum absolute atomic E-state index is 5.66. The maximum atomic E-state index is 5.66. The average Bonchev–Trinajstić information content (AvgIpc) is 2.18. The number of rotatable bonds is 0. The second kappa shape index (κ2) is 3.44. The maximum Gasteiger partial charge on any atom is 0.198 e. The number of nitrogens with two attached hydrogens (primary N) is 1. The van der Waals surface area contributed by atoms with Crippen molar-refractivity contribution in [2.24, 2.45) is 10.7 Å². The molecule has 3 nitrogen and oxygen atoms in total. The van der Waals surface area contributed by atoms with Crippen LogP contribution in [0, 0.1) is 0 Å². The van der Waals surface area contributed by atoms with Crippen molar-refractivity contribution in [1.82, 2.24) is 0 Å². The fraction of sp³-hybridized carbons (Fsp3) is 0. The van der Waals surface area contributed by atoms with Gasteiger partial charge in [0.2, 0.25) is 0 Å². The number of nitrogens with zero attached hydrogens (tertiary/aromatic N) is 1. The molecule has 0 fully saturated rings. The van der Waals surface area contributed by atoms with Crippen molar-refractivity contribution < 1.29 is 0 Å². The highest BCUT2D eigenvalue weighted by Gasteiger charge is 2.10. The number of guanidine groups is 1. The summed E-state index contributed by atoms with van der Waals surface area (Å²) in [5, 5.41) is 5.38. The molecule has 0 saturated heterocycles. The van der Waals surface area contributed by atoms with Gasteiger partial charge in [-0.1, -0.05) is 24.3 Å². The zero-order chi connectivity index (χ0) is 9.54. The minimum absolute atomic E-state index is 0. The van der Waals surface area contributed by atoms with E-state index in [0.29, 0.717) is 5.96 Å². The van der Waals surface area contributed by atoms with Gasteiger partial charge in [-0.25, -0.2) is 4.99 Å². The van der Waals surface area contributed by atoms with E-state index in [1.807, 2.05) is 24.3 Å². The van der Waals surface area contributed by atoms with Crippen LogP contribution in [-0.4, -0.2) is 5.96 Å². The first-order valence-corrected chi connectivity index (χ1v) is 4.47. The van der Waals surface area contributed by atoms with Crippen molar-refractivity contribution in [3.63, 3.8) is 0 Å². The lowest BCUT2D eigenvalue weighted by molar-refractivity contribution is 1.44. The molecule has 1 aliphatic rings. The fourth-order valence-electron chi connectivity index (χ4n) is 1.81. The van der Waals surface area contributed by atoms with Crippen LogP contribution in [0.25, 0.3) is 10.8 Å². The molecule has 0 aliphatic carbocycles. The zero-order valence-electron chi connectivity index (χ0n) is 7.90. The topological polar surface area (TPSA) is 50.4 Å². The first-order chi connectivity index (χ1) is 6.84. The summed E-state index contributed by atoms with van der Waals surface area (Å²) in [5.74, 6) is 0.455. The van der Waals surface area contributed by atoms with Crippen LogP contribution in [0.1, 0.15) is 0 Å². The molecule has 0 radical (unpaired) electrons. The smallest absolute Gasteiger partial charge is 0.198 e. The van der Waals surface area contributed by atoms with E-state index in [9.17, 15) is 0 Å². The zero-order valence-corrected chi connectivity index (χ0v) is 8.71. The Hall–Kier alpha value is -1.74. The van der Waals surface area contributed by atoms with Crippen LogP contribution < -0.4 is 11.1 Å². The van der Waals surface area contributed by atoms with Gasteiger partial charge in [-0.05, 0) is 17.5 Å². The number of aliphatic imine (C=N–C) groups is 1. The van der Waals surface area contributed by atoms with Gasteiger partial charge in [0.15, 0.2) is 5.96 Å². The predicted molar refractivity (Wildman–Crippen MR) is 66.1 cm³/mol. The van der Waals surface area contributed by atoms with E-state index < -0.39 is 0 Å². The molecule has 76 valence electrons. The van der Waals surface area contributed by atoms with Crippen molar-refractivity contribution in [3.8, 4) is 0 Å². The van der Waals surface area contributed by atoms with Gasteiger partial charge in [0.05, 0.1) is 11.4 Å². The number of nitrogens with one attached hydrogen (secondary N) is 1. The Morgan fingerprint density at radius 1 is 1.07 bits per heavy atom. The molecule has 0 amide bonds. The second-order valence-corrected chi connectivity index (χ2v) is 3.30. The van der Waals surface area contributed by atoms with Gasteiger partial charge >= 0.3 is 0 Å². The van der Waals surface area contributed by atoms with E-state index in [0.717, 1.165) is 16.8 Å². The largest absolute Gasteiger partial charge is 0.369 e. The van der Waals surface area contributed by atoms with Gasteiger partial charge in [0.25, 0.3) is 0 Å². The van der Waals surface area contributed by atoms with Gasteiger partial charge in [-0.2, -0.15) is 0 Å². The van der Waals surface area contributed by atoms with E-state index >= 15 is 0 Å². The summed E-state index contributed by atoms with van der Waals surface area (Å²) < 4.78 is 0. The molecule has 2 aromatic carbocycles. The Kier molecular flexibility index (Phi) is 2.25. The lowest BCUT2D eigenvalue weighted by Crippen LogP contribution is -2.23. The van der Waals surface area contributed by atoms with Crippen LogP contribution in [0.5, 0.6) is 0 Å². The summed E-state index contributed by atoms with van der Waals surface area (Å²) in [6.45, 7) is 0. The Balaban J connectivity index is 0.000000853. The van der Waals surface area contributed by atoms with E-state index in [1.165, 1.54) is 5.39 Å². The van der Waals surface area contributed by atoms with Gasteiger partial charge < -0.3 is 11.1 Å². The average molecular weight is 220 g/mol. The van der Waals surface area contributed by atoms with Crippen LogP contribution in [-0.2, 0) is 0 Å². The van der Waals surface area contributed by atoms with Crippen molar-refractivity contribution in [2.75, 3.05) is 5.32 Å². The third-order valence-corrected chi connectivity index (χ3v) is 2.39. The normalized spacial score (nSPS) is 12.7. The summed E-state index contributed by atoms with van der Waals surface area (Å²) in [7, 11) is 0. The molecule has 4 heteroatoms. The lowest BCUT2D eigenvalue weighted by Gasteiger charge is -2.15. The van der Waals surface area contributed by atoms with Gasteiger partial charge in [-0.15, -0.1) is 12.4 Å². The van der Waals surface area contributed by atoms with Crippen molar-refractivity contribution >= 4 is 40.5 Å². The molecule has 2 aromatic rings. The molecule has 0 aromatic heterocycles. The van der Waals surface area contributed by atoms with Gasteiger partial charge in [0, 0.05) is 5.39 Å². The summed E-state index contributed by atoms with van der Waals surface area (Å²) in [6.07, 6.45) is 0. The Morgan fingerprint density at radius 3 is 2.60 bits per heavy atom. The molecule has 0 saturated carbocycles. The molecule has 1 heterocycles.